The van der Waals surface area contributed by atoms with Crippen LogP contribution in [0.4, 0.5) is 22.1 Å². The summed E-state index contributed by atoms with van der Waals surface area (Å²) in [4.78, 5) is 34.0. The van der Waals surface area contributed by atoms with Gasteiger partial charge in [-0.15, -0.1) is 0 Å². The van der Waals surface area contributed by atoms with Crippen LogP contribution in [-0.4, -0.2) is 75.1 Å². The van der Waals surface area contributed by atoms with E-state index in [9.17, 15) is 4.79 Å². The molecule has 0 radical (unpaired) electrons. The van der Waals surface area contributed by atoms with Crippen LogP contribution in [0.5, 0.6) is 5.75 Å². The summed E-state index contributed by atoms with van der Waals surface area (Å²) in [5.41, 5.74) is 3.62. The monoisotopic (exact) mass is 474 g/mol. The molecule has 3 N–H and O–H groups in total. The molecule has 182 valence electrons. The van der Waals surface area contributed by atoms with E-state index in [2.05, 4.69) is 37.5 Å². The Morgan fingerprint density at radius 1 is 1.11 bits per heavy atom. The van der Waals surface area contributed by atoms with Gasteiger partial charge < -0.3 is 30.2 Å². The van der Waals surface area contributed by atoms with Gasteiger partial charge in [-0.3, -0.25) is 0 Å². The Balaban J connectivity index is 1.45. The number of carbonyl (C=O) groups excluding carboxylic acids is 1. The molecule has 1 saturated heterocycles. The van der Waals surface area contributed by atoms with Gasteiger partial charge in [0, 0.05) is 43.4 Å². The number of urea groups is 1. The summed E-state index contributed by atoms with van der Waals surface area (Å²) in [5, 5.41) is 7.23. The highest BCUT2D eigenvalue weighted by Gasteiger charge is 2.20. The van der Waals surface area contributed by atoms with Gasteiger partial charge in [0.05, 0.1) is 17.3 Å². The fraction of sp³-hybridized carbons (Fsp3) is 0.360. The fourth-order valence-corrected chi connectivity index (χ4v) is 4.18. The number of likely N-dealkylation sites (N-methyl/N-ethyl adjacent to an activating group) is 1. The highest BCUT2D eigenvalue weighted by Crippen LogP contribution is 2.30. The van der Waals surface area contributed by atoms with Gasteiger partial charge in [-0.25, -0.2) is 19.7 Å². The number of H-pyrrole nitrogens is 1. The minimum absolute atomic E-state index is 0.0319. The molecule has 3 heterocycles. The van der Waals surface area contributed by atoms with E-state index in [0.29, 0.717) is 36.0 Å². The molecule has 1 aliphatic rings. The molecule has 2 amide bonds. The number of hydrogen-bond acceptors (Lipinski definition) is 7. The average Bonchev–Trinajstić information content (AvgIpc) is 3.20. The highest BCUT2D eigenvalue weighted by molar-refractivity contribution is 6.01. The molecule has 4 aromatic rings. The zero-order valence-corrected chi connectivity index (χ0v) is 20.4. The lowest BCUT2D eigenvalue weighted by Gasteiger charge is -2.32. The number of carbonyl (C=O) groups is 1. The van der Waals surface area contributed by atoms with Crippen molar-refractivity contribution < 1.29 is 9.53 Å². The van der Waals surface area contributed by atoms with E-state index in [1.807, 2.05) is 56.0 Å². The van der Waals surface area contributed by atoms with Crippen LogP contribution < -0.4 is 15.4 Å². The van der Waals surface area contributed by atoms with Crippen LogP contribution in [-0.2, 0) is 0 Å². The van der Waals surface area contributed by atoms with Crippen molar-refractivity contribution >= 4 is 45.3 Å². The summed E-state index contributed by atoms with van der Waals surface area (Å²) in [7, 11) is 2.06. The Morgan fingerprint density at radius 3 is 2.69 bits per heavy atom. The van der Waals surface area contributed by atoms with E-state index in [-0.39, 0.29) is 12.1 Å². The van der Waals surface area contributed by atoms with E-state index in [1.54, 1.807) is 6.20 Å². The number of para-hydroxylation sites is 1. The molecule has 0 saturated carbocycles. The molecule has 2 aromatic carbocycles. The van der Waals surface area contributed by atoms with Crippen LogP contribution >= 0.6 is 0 Å². The van der Waals surface area contributed by atoms with Crippen LogP contribution in [0.2, 0.25) is 0 Å². The number of piperazine rings is 1. The number of aromatic amines is 1. The molecule has 5 rings (SSSR count). The number of aromatic nitrogens is 4. The predicted octanol–water partition coefficient (Wildman–Crippen LogP) is 4.12. The molecule has 10 nitrogen and oxygen atoms in total. The summed E-state index contributed by atoms with van der Waals surface area (Å²) in [5.74, 6) is 1.91. The molecule has 1 aliphatic heterocycles. The Kier molecular flexibility index (Phi) is 6.12. The number of benzene rings is 2. The maximum absolute atomic E-state index is 13.0. The van der Waals surface area contributed by atoms with Crippen molar-refractivity contribution in [3.8, 4) is 5.75 Å². The number of amides is 2. The summed E-state index contributed by atoms with van der Waals surface area (Å²) in [6.07, 6.45) is 1.80. The third-order valence-corrected chi connectivity index (χ3v) is 5.93. The number of ether oxygens (including phenoxy) is 1. The predicted molar refractivity (Wildman–Crippen MR) is 138 cm³/mol. The summed E-state index contributed by atoms with van der Waals surface area (Å²) >= 11 is 0. The molecule has 0 atom stereocenters. The first-order chi connectivity index (χ1) is 16.9. The van der Waals surface area contributed by atoms with E-state index < -0.39 is 0 Å². The third kappa shape index (κ3) is 4.97. The van der Waals surface area contributed by atoms with Crippen LogP contribution in [0.25, 0.3) is 21.9 Å². The normalized spacial score (nSPS) is 14.6. The number of anilines is 3. The molecule has 1 fully saturated rings. The number of nitrogens with one attached hydrogen (secondary N) is 3. The van der Waals surface area contributed by atoms with E-state index in [0.717, 1.165) is 41.0 Å². The lowest BCUT2D eigenvalue weighted by Crippen LogP contribution is -2.48. The molecule has 0 unspecified atom stereocenters. The first-order valence-corrected chi connectivity index (χ1v) is 11.8. The standard InChI is InChI=1S/C25H30N8O2/c1-15(2)35-21-7-5-6-17-14-26-24(31-22(17)21)29-18-12-19-23(28-16(3)27-19)20(13-18)30-25(34)33-10-8-32(4)9-11-33/h5-7,12-15H,8-11H2,1-4H3,(H,27,28)(H,30,34)(H,26,29,31). The molecule has 0 bridgehead atoms. The smallest absolute Gasteiger partial charge is 0.321 e. The van der Waals surface area contributed by atoms with Crippen molar-refractivity contribution in [2.45, 2.75) is 26.9 Å². The molecule has 35 heavy (non-hydrogen) atoms. The van der Waals surface area contributed by atoms with Crippen molar-refractivity contribution in [3.63, 3.8) is 0 Å². The summed E-state index contributed by atoms with van der Waals surface area (Å²) in [6.45, 7) is 8.95. The Bertz CT molecular complexity index is 1370. The zero-order valence-electron chi connectivity index (χ0n) is 20.4. The summed E-state index contributed by atoms with van der Waals surface area (Å²) < 4.78 is 5.93. The maximum Gasteiger partial charge on any atom is 0.321 e. The van der Waals surface area contributed by atoms with E-state index >= 15 is 0 Å². The molecular weight excluding hydrogens is 444 g/mol. The lowest BCUT2D eigenvalue weighted by molar-refractivity contribution is 0.164. The van der Waals surface area contributed by atoms with Gasteiger partial charge in [0.15, 0.2) is 0 Å². The molecular formula is C25H30N8O2. The van der Waals surface area contributed by atoms with Crippen LogP contribution in [0.1, 0.15) is 19.7 Å². The molecule has 0 spiro atoms. The quantitative estimate of drug-likeness (QED) is 0.399. The minimum Gasteiger partial charge on any atom is -0.489 e. The second-order valence-corrected chi connectivity index (χ2v) is 9.14. The Hall–Kier alpha value is -3.92. The van der Waals surface area contributed by atoms with Crippen molar-refractivity contribution in [1.82, 2.24) is 29.7 Å². The topological polar surface area (TPSA) is 111 Å². The molecule has 10 heteroatoms. The van der Waals surface area contributed by atoms with Crippen LogP contribution in [0.15, 0.2) is 36.5 Å². The van der Waals surface area contributed by atoms with Crippen molar-refractivity contribution in [3.05, 3.63) is 42.4 Å². The minimum atomic E-state index is -0.130. The first kappa shape index (κ1) is 22.9. The fourth-order valence-electron chi connectivity index (χ4n) is 4.18. The van der Waals surface area contributed by atoms with Gasteiger partial charge in [-0.2, -0.15) is 0 Å². The average molecular weight is 475 g/mol. The number of nitrogens with zero attached hydrogens (tertiary/aromatic N) is 5. The van der Waals surface area contributed by atoms with E-state index in [4.69, 9.17) is 9.72 Å². The van der Waals surface area contributed by atoms with Gasteiger partial charge in [-0.05, 0) is 46.0 Å². The number of fused-ring (bicyclic) bond motifs is 2. The SMILES string of the molecule is Cc1nc2c(NC(=O)N3CCN(C)CC3)cc(Nc3ncc4cccc(OC(C)C)c4n3)cc2[nH]1. The molecule has 2 aromatic heterocycles. The maximum atomic E-state index is 13.0. The van der Waals surface area contributed by atoms with Gasteiger partial charge in [-0.1, -0.05) is 12.1 Å². The Labute approximate surface area is 203 Å². The highest BCUT2D eigenvalue weighted by atomic mass is 16.5. The van der Waals surface area contributed by atoms with Crippen LogP contribution in [0, 0.1) is 6.92 Å². The largest absolute Gasteiger partial charge is 0.489 e. The van der Waals surface area contributed by atoms with Crippen molar-refractivity contribution in [1.29, 1.82) is 0 Å². The van der Waals surface area contributed by atoms with Gasteiger partial charge >= 0.3 is 6.03 Å². The zero-order chi connectivity index (χ0) is 24.5. The second-order valence-electron chi connectivity index (χ2n) is 9.14. The first-order valence-electron chi connectivity index (χ1n) is 11.8. The number of imidazole rings is 1. The Morgan fingerprint density at radius 2 is 1.91 bits per heavy atom. The van der Waals surface area contributed by atoms with Gasteiger partial charge in [0.2, 0.25) is 5.95 Å². The van der Waals surface area contributed by atoms with Gasteiger partial charge in [0.1, 0.15) is 22.6 Å². The van der Waals surface area contributed by atoms with Crippen LogP contribution in [0.3, 0.4) is 0 Å². The second kappa shape index (κ2) is 9.38. The third-order valence-electron chi connectivity index (χ3n) is 5.93. The number of aryl methyl sites for hydroxylation is 1. The van der Waals surface area contributed by atoms with Crippen molar-refractivity contribution in [2.75, 3.05) is 43.9 Å². The number of rotatable bonds is 5. The van der Waals surface area contributed by atoms with Crippen molar-refractivity contribution in [2.24, 2.45) is 0 Å². The van der Waals surface area contributed by atoms with Gasteiger partial charge in [0.25, 0.3) is 0 Å². The van der Waals surface area contributed by atoms with E-state index in [1.165, 1.54) is 0 Å². The molecule has 0 aliphatic carbocycles. The summed E-state index contributed by atoms with van der Waals surface area (Å²) in [6, 6.07) is 9.46. The lowest BCUT2D eigenvalue weighted by atomic mass is 10.2. The number of hydrogen-bond donors (Lipinski definition) is 3.